The third-order valence-corrected chi connectivity index (χ3v) is 6.45. The average Bonchev–Trinajstić information content (AvgIpc) is 2.86. The third-order valence-electron chi connectivity index (χ3n) is 6.45. The predicted octanol–water partition coefficient (Wildman–Crippen LogP) is 7.85. The second-order valence-electron chi connectivity index (χ2n) is 8.29. The summed E-state index contributed by atoms with van der Waals surface area (Å²) in [5, 5.41) is 10.0. The van der Waals surface area contributed by atoms with Gasteiger partial charge >= 0.3 is 0 Å². The number of rotatable bonds is 2. The summed E-state index contributed by atoms with van der Waals surface area (Å²) in [5.74, 6) is 0. The summed E-state index contributed by atoms with van der Waals surface area (Å²) < 4.78 is 0. The highest BCUT2D eigenvalue weighted by atomic mass is 14.7. The molecular weight excluding hydrogens is 388 g/mol. The van der Waals surface area contributed by atoms with Crippen LogP contribution in [0.3, 0.4) is 0 Å². The molecular formula is C30H18N2. The molecule has 0 bridgehead atoms. The van der Waals surface area contributed by atoms with Crippen LogP contribution < -0.4 is 0 Å². The Balaban J connectivity index is 1.40. The molecule has 2 heteroatoms. The lowest BCUT2D eigenvalue weighted by Gasteiger charge is -2.12. The first kappa shape index (κ1) is 17.4. The van der Waals surface area contributed by atoms with Gasteiger partial charge < -0.3 is 0 Å². The van der Waals surface area contributed by atoms with Crippen LogP contribution in [0, 0.1) is 0 Å². The van der Waals surface area contributed by atoms with Crippen LogP contribution in [-0.2, 0) is 0 Å². The minimum Gasteiger partial charge on any atom is -0.254 e. The monoisotopic (exact) mass is 406 g/mol. The third kappa shape index (κ3) is 2.53. The molecule has 0 aliphatic carbocycles. The summed E-state index contributed by atoms with van der Waals surface area (Å²) >= 11 is 0. The van der Waals surface area contributed by atoms with Gasteiger partial charge in [0.25, 0.3) is 0 Å². The highest BCUT2D eigenvalue weighted by molar-refractivity contribution is 6.24. The molecule has 0 radical (unpaired) electrons. The largest absolute Gasteiger partial charge is 0.254 e. The number of pyridine rings is 2. The van der Waals surface area contributed by atoms with E-state index in [0.29, 0.717) is 0 Å². The fourth-order valence-electron chi connectivity index (χ4n) is 4.91. The Morgan fingerprint density at radius 3 is 2.03 bits per heavy atom. The Morgan fingerprint density at radius 1 is 0.500 bits per heavy atom. The Labute approximate surface area is 184 Å². The van der Waals surface area contributed by atoms with Crippen molar-refractivity contribution in [2.24, 2.45) is 0 Å². The van der Waals surface area contributed by atoms with E-state index in [2.05, 4.69) is 102 Å². The van der Waals surface area contributed by atoms with E-state index < -0.39 is 0 Å². The molecule has 0 saturated heterocycles. The molecule has 148 valence electrons. The van der Waals surface area contributed by atoms with Crippen LogP contribution in [0.5, 0.6) is 0 Å². The summed E-state index contributed by atoms with van der Waals surface area (Å²) in [6, 6.07) is 32.3. The predicted molar refractivity (Wildman–Crippen MR) is 136 cm³/mol. The van der Waals surface area contributed by atoms with Crippen molar-refractivity contribution in [3.63, 3.8) is 0 Å². The number of hydrogen-bond donors (Lipinski definition) is 0. The summed E-state index contributed by atoms with van der Waals surface area (Å²) in [6.07, 6.45) is 6.11. The second-order valence-corrected chi connectivity index (χ2v) is 8.29. The van der Waals surface area contributed by atoms with E-state index in [1.807, 2.05) is 12.3 Å². The van der Waals surface area contributed by atoms with Crippen molar-refractivity contribution in [1.29, 1.82) is 0 Å². The average molecular weight is 406 g/mol. The first-order valence-electron chi connectivity index (χ1n) is 10.8. The summed E-state index contributed by atoms with van der Waals surface area (Å²) in [7, 11) is 0. The SMILES string of the molecule is C(=Cc1ccc2ccc3cccc4ccc1c2c34)c1ccc2ccc3cccnc3c2n1. The minimum absolute atomic E-state index is 0.932. The number of hydrogen-bond acceptors (Lipinski definition) is 2. The molecule has 5 aromatic carbocycles. The molecule has 0 aliphatic rings. The van der Waals surface area contributed by atoms with Gasteiger partial charge in [-0.25, -0.2) is 4.98 Å². The molecule has 7 rings (SSSR count). The van der Waals surface area contributed by atoms with Gasteiger partial charge in [0, 0.05) is 17.0 Å². The fraction of sp³-hybridized carbons (Fsp3) is 0. The molecule has 2 nitrogen and oxygen atoms in total. The maximum atomic E-state index is 4.93. The van der Waals surface area contributed by atoms with Gasteiger partial charge in [-0.1, -0.05) is 84.9 Å². The number of fused-ring (bicyclic) bond motifs is 3. The Bertz CT molecular complexity index is 1810. The maximum absolute atomic E-state index is 4.93. The van der Waals surface area contributed by atoms with Gasteiger partial charge in [-0.2, -0.15) is 0 Å². The zero-order valence-corrected chi connectivity index (χ0v) is 17.3. The van der Waals surface area contributed by atoms with Gasteiger partial charge in [-0.3, -0.25) is 4.98 Å². The molecule has 0 unspecified atom stereocenters. The lowest BCUT2D eigenvalue weighted by Crippen LogP contribution is -1.88. The molecule has 0 amide bonds. The number of aromatic nitrogens is 2. The Kier molecular flexibility index (Phi) is 3.58. The van der Waals surface area contributed by atoms with Crippen molar-refractivity contribution in [2.45, 2.75) is 0 Å². The Morgan fingerprint density at radius 2 is 1.16 bits per heavy atom. The molecule has 0 spiro atoms. The summed E-state index contributed by atoms with van der Waals surface area (Å²) in [5.41, 5.74) is 4.03. The van der Waals surface area contributed by atoms with Crippen molar-refractivity contribution < 1.29 is 0 Å². The molecule has 2 aromatic heterocycles. The van der Waals surface area contributed by atoms with E-state index in [9.17, 15) is 0 Å². The van der Waals surface area contributed by atoms with Crippen molar-refractivity contribution in [1.82, 2.24) is 9.97 Å². The smallest absolute Gasteiger partial charge is 0.0971 e. The lowest BCUT2D eigenvalue weighted by atomic mass is 9.92. The van der Waals surface area contributed by atoms with Crippen LogP contribution in [0.15, 0.2) is 97.2 Å². The molecule has 0 aliphatic heterocycles. The molecule has 7 aromatic rings. The number of nitrogens with zero attached hydrogens (tertiary/aromatic N) is 2. The highest BCUT2D eigenvalue weighted by Crippen LogP contribution is 2.36. The first-order valence-corrected chi connectivity index (χ1v) is 10.8. The molecule has 0 atom stereocenters. The maximum Gasteiger partial charge on any atom is 0.0971 e. The number of benzene rings is 5. The van der Waals surface area contributed by atoms with E-state index >= 15 is 0 Å². The molecule has 0 saturated carbocycles. The molecule has 0 fully saturated rings. The van der Waals surface area contributed by atoms with Gasteiger partial charge in [0.15, 0.2) is 0 Å². The second kappa shape index (κ2) is 6.60. The fourth-order valence-corrected chi connectivity index (χ4v) is 4.91. The zero-order chi connectivity index (χ0) is 21.1. The van der Waals surface area contributed by atoms with Crippen molar-refractivity contribution in [3.05, 3.63) is 108 Å². The van der Waals surface area contributed by atoms with Gasteiger partial charge in [-0.15, -0.1) is 0 Å². The van der Waals surface area contributed by atoms with E-state index in [4.69, 9.17) is 4.98 Å². The van der Waals surface area contributed by atoms with Crippen LogP contribution in [0.25, 0.3) is 66.3 Å². The van der Waals surface area contributed by atoms with E-state index in [1.165, 1.54) is 37.9 Å². The normalized spacial score (nSPS) is 12.2. The van der Waals surface area contributed by atoms with Crippen LogP contribution >= 0.6 is 0 Å². The van der Waals surface area contributed by atoms with E-state index in [1.54, 1.807) is 0 Å². The molecule has 32 heavy (non-hydrogen) atoms. The summed E-state index contributed by atoms with van der Waals surface area (Å²) in [6.45, 7) is 0. The van der Waals surface area contributed by atoms with Gasteiger partial charge in [0.05, 0.1) is 16.7 Å². The Hall–Kier alpha value is -4.30. The lowest BCUT2D eigenvalue weighted by molar-refractivity contribution is 1.35. The van der Waals surface area contributed by atoms with Crippen LogP contribution in [0.2, 0.25) is 0 Å². The first-order chi connectivity index (χ1) is 15.8. The van der Waals surface area contributed by atoms with E-state index in [-0.39, 0.29) is 0 Å². The van der Waals surface area contributed by atoms with Crippen LogP contribution in [-0.4, -0.2) is 9.97 Å². The van der Waals surface area contributed by atoms with Gasteiger partial charge in [-0.05, 0) is 56.1 Å². The van der Waals surface area contributed by atoms with Crippen molar-refractivity contribution in [2.75, 3.05) is 0 Å². The topological polar surface area (TPSA) is 25.8 Å². The van der Waals surface area contributed by atoms with E-state index in [0.717, 1.165) is 27.5 Å². The van der Waals surface area contributed by atoms with Crippen molar-refractivity contribution in [3.8, 4) is 0 Å². The minimum atomic E-state index is 0.932. The highest BCUT2D eigenvalue weighted by Gasteiger charge is 2.09. The quantitative estimate of drug-likeness (QED) is 0.273. The van der Waals surface area contributed by atoms with Gasteiger partial charge in [0.2, 0.25) is 0 Å². The standard InChI is InChI=1S/C30H18N2/c1-3-20-8-9-22-7-6-19(26-17-14-21(4-1)27(20)28(22)26)12-15-25-16-13-24-11-10-23-5-2-18-31-29(23)30(24)32-25/h1-18H. The molecule has 2 heterocycles. The van der Waals surface area contributed by atoms with Crippen LogP contribution in [0.4, 0.5) is 0 Å². The van der Waals surface area contributed by atoms with Crippen molar-refractivity contribution >= 4 is 66.3 Å². The van der Waals surface area contributed by atoms with Gasteiger partial charge in [0.1, 0.15) is 0 Å². The zero-order valence-electron chi connectivity index (χ0n) is 17.3. The molecule has 0 N–H and O–H groups in total. The van der Waals surface area contributed by atoms with Crippen LogP contribution in [0.1, 0.15) is 11.3 Å². The summed E-state index contributed by atoms with van der Waals surface area (Å²) in [4.78, 5) is 9.50.